The first-order chi connectivity index (χ1) is 12.8. The summed E-state index contributed by atoms with van der Waals surface area (Å²) in [6.45, 7) is 1.52. The summed E-state index contributed by atoms with van der Waals surface area (Å²) in [7, 11) is 3.01. The molecule has 6 nitrogen and oxygen atoms in total. The Kier molecular flexibility index (Phi) is 6.70. The summed E-state index contributed by atoms with van der Waals surface area (Å²) < 4.78 is 41.6. The van der Waals surface area contributed by atoms with E-state index in [0.717, 1.165) is 17.7 Å². The molecular weight excluding hydrogens is 360 g/mol. The minimum Gasteiger partial charge on any atom is -0.493 e. The maximum absolute atomic E-state index is 13.2. The van der Waals surface area contributed by atoms with Crippen molar-refractivity contribution in [3.8, 4) is 11.5 Å². The number of hydrogen-bond acceptors (Lipinski definition) is 5. The van der Waals surface area contributed by atoms with Crippen LogP contribution in [0.5, 0.6) is 11.5 Å². The topological polar surface area (TPSA) is 73.9 Å². The lowest BCUT2D eigenvalue weighted by Gasteiger charge is -2.14. The van der Waals surface area contributed by atoms with Crippen LogP contribution in [-0.4, -0.2) is 32.2 Å². The summed E-state index contributed by atoms with van der Waals surface area (Å²) in [4.78, 5) is 24.0. The van der Waals surface area contributed by atoms with E-state index in [4.69, 9.17) is 14.2 Å². The molecule has 0 saturated heterocycles. The molecule has 1 N–H and O–H groups in total. The Morgan fingerprint density at radius 2 is 1.63 bits per heavy atom. The zero-order valence-corrected chi connectivity index (χ0v) is 15.0. The molecule has 0 bridgehead atoms. The van der Waals surface area contributed by atoms with Gasteiger partial charge in [-0.15, -0.1) is 0 Å². The van der Waals surface area contributed by atoms with Gasteiger partial charge in [0.25, 0.3) is 5.91 Å². The van der Waals surface area contributed by atoms with Crippen molar-refractivity contribution in [3.05, 3.63) is 59.2 Å². The molecule has 1 atom stereocenters. The average Bonchev–Trinajstić information content (AvgIpc) is 2.64. The van der Waals surface area contributed by atoms with Crippen LogP contribution >= 0.6 is 0 Å². The van der Waals surface area contributed by atoms with Gasteiger partial charge in [-0.25, -0.2) is 13.6 Å². The van der Waals surface area contributed by atoms with E-state index in [1.165, 1.54) is 21.1 Å². The van der Waals surface area contributed by atoms with Crippen molar-refractivity contribution in [1.82, 2.24) is 5.32 Å². The Balaban J connectivity index is 1.94. The molecule has 0 aliphatic carbocycles. The van der Waals surface area contributed by atoms with Gasteiger partial charge >= 0.3 is 5.97 Å². The van der Waals surface area contributed by atoms with Crippen molar-refractivity contribution in [2.45, 2.75) is 19.6 Å². The van der Waals surface area contributed by atoms with Crippen LogP contribution < -0.4 is 14.8 Å². The van der Waals surface area contributed by atoms with E-state index < -0.39 is 29.6 Å². The summed E-state index contributed by atoms with van der Waals surface area (Å²) >= 11 is 0. The molecule has 0 aliphatic rings. The lowest BCUT2D eigenvalue weighted by atomic mass is 10.2. The third-order valence-corrected chi connectivity index (χ3v) is 3.67. The van der Waals surface area contributed by atoms with Crippen LogP contribution in [0.3, 0.4) is 0 Å². The molecule has 0 heterocycles. The fourth-order valence-electron chi connectivity index (χ4n) is 2.28. The van der Waals surface area contributed by atoms with Crippen LogP contribution in [0.2, 0.25) is 0 Å². The van der Waals surface area contributed by atoms with Crippen molar-refractivity contribution in [2.24, 2.45) is 0 Å². The standard InChI is InChI=1S/C19H19F2NO5/c1-11(27-19(24)13-7-14(20)9-15(21)8-13)18(23)22-10-12-4-5-16(25-2)17(6-12)26-3/h4-9,11H,10H2,1-3H3,(H,22,23)/t11-/m0/s1. The van der Waals surface area contributed by atoms with Gasteiger partial charge in [-0.3, -0.25) is 4.79 Å². The van der Waals surface area contributed by atoms with Crippen molar-refractivity contribution in [3.63, 3.8) is 0 Å². The minimum absolute atomic E-state index is 0.162. The molecule has 2 aromatic rings. The first kappa shape index (κ1) is 20.2. The van der Waals surface area contributed by atoms with E-state index >= 15 is 0 Å². The first-order valence-corrected chi connectivity index (χ1v) is 7.99. The summed E-state index contributed by atoms with van der Waals surface area (Å²) in [5, 5.41) is 2.61. The van der Waals surface area contributed by atoms with Gasteiger partial charge in [0, 0.05) is 12.6 Å². The number of nitrogens with one attached hydrogen (secondary N) is 1. The van der Waals surface area contributed by atoms with E-state index in [1.54, 1.807) is 18.2 Å². The number of rotatable bonds is 7. The first-order valence-electron chi connectivity index (χ1n) is 7.99. The number of amides is 1. The predicted octanol–water partition coefficient (Wildman–Crippen LogP) is 2.84. The second kappa shape index (κ2) is 8.98. The number of carbonyl (C=O) groups excluding carboxylic acids is 2. The maximum Gasteiger partial charge on any atom is 0.339 e. The van der Waals surface area contributed by atoms with Crippen molar-refractivity contribution in [1.29, 1.82) is 0 Å². The van der Waals surface area contributed by atoms with Crippen molar-refractivity contribution >= 4 is 11.9 Å². The molecule has 8 heteroatoms. The highest BCUT2D eigenvalue weighted by Gasteiger charge is 2.20. The van der Waals surface area contributed by atoms with Crippen molar-refractivity contribution in [2.75, 3.05) is 14.2 Å². The predicted molar refractivity (Wildman–Crippen MR) is 92.6 cm³/mol. The molecule has 0 spiro atoms. The van der Waals surface area contributed by atoms with Gasteiger partial charge < -0.3 is 19.5 Å². The summed E-state index contributed by atoms with van der Waals surface area (Å²) in [5.74, 6) is -2.31. The van der Waals surface area contributed by atoms with Gasteiger partial charge in [0.1, 0.15) is 11.6 Å². The Bertz CT molecular complexity index is 821. The molecule has 144 valence electrons. The zero-order valence-electron chi connectivity index (χ0n) is 15.0. The number of ether oxygens (including phenoxy) is 3. The molecule has 0 fully saturated rings. The second-order valence-corrected chi connectivity index (χ2v) is 5.61. The summed E-state index contributed by atoms with van der Waals surface area (Å²) in [5.41, 5.74) is 0.429. The number of benzene rings is 2. The monoisotopic (exact) mass is 379 g/mol. The normalized spacial score (nSPS) is 11.4. The van der Waals surface area contributed by atoms with Gasteiger partial charge in [0.15, 0.2) is 17.6 Å². The van der Waals surface area contributed by atoms with E-state index in [1.807, 2.05) is 0 Å². The van der Waals surface area contributed by atoms with E-state index in [-0.39, 0.29) is 12.1 Å². The number of methoxy groups -OCH3 is 2. The van der Waals surface area contributed by atoms with Gasteiger partial charge in [-0.1, -0.05) is 6.07 Å². The highest BCUT2D eigenvalue weighted by Crippen LogP contribution is 2.27. The molecule has 0 saturated carbocycles. The molecule has 27 heavy (non-hydrogen) atoms. The fraction of sp³-hybridized carbons (Fsp3) is 0.263. The molecule has 1 amide bonds. The Morgan fingerprint density at radius 1 is 1.00 bits per heavy atom. The van der Waals surface area contributed by atoms with E-state index in [2.05, 4.69) is 5.32 Å². The van der Waals surface area contributed by atoms with Crippen LogP contribution in [0.4, 0.5) is 8.78 Å². The fourth-order valence-corrected chi connectivity index (χ4v) is 2.28. The molecule has 0 radical (unpaired) electrons. The van der Waals surface area contributed by atoms with Crippen LogP contribution in [0.25, 0.3) is 0 Å². The Labute approximate surface area is 155 Å². The molecule has 0 aliphatic heterocycles. The van der Waals surface area contributed by atoms with Gasteiger partial charge in [-0.2, -0.15) is 0 Å². The number of hydrogen-bond donors (Lipinski definition) is 1. The zero-order chi connectivity index (χ0) is 20.0. The molecule has 2 rings (SSSR count). The highest BCUT2D eigenvalue weighted by atomic mass is 19.1. The average molecular weight is 379 g/mol. The van der Waals surface area contributed by atoms with Crippen LogP contribution in [0.15, 0.2) is 36.4 Å². The Morgan fingerprint density at radius 3 is 2.22 bits per heavy atom. The molecule has 0 aromatic heterocycles. The molecule has 0 unspecified atom stereocenters. The highest BCUT2D eigenvalue weighted by molar-refractivity contribution is 5.92. The second-order valence-electron chi connectivity index (χ2n) is 5.61. The SMILES string of the molecule is COc1ccc(CNC(=O)[C@H](C)OC(=O)c2cc(F)cc(F)c2)cc1OC. The maximum atomic E-state index is 13.2. The minimum atomic E-state index is -1.15. The number of esters is 1. The largest absolute Gasteiger partial charge is 0.493 e. The number of halogens is 2. The van der Waals surface area contributed by atoms with Crippen LogP contribution in [0.1, 0.15) is 22.8 Å². The van der Waals surface area contributed by atoms with Crippen molar-refractivity contribution < 1.29 is 32.6 Å². The van der Waals surface area contributed by atoms with Gasteiger partial charge in [-0.05, 0) is 36.8 Å². The van der Waals surface area contributed by atoms with E-state index in [9.17, 15) is 18.4 Å². The Hall–Kier alpha value is -3.16. The van der Waals surface area contributed by atoms with Crippen LogP contribution in [-0.2, 0) is 16.1 Å². The van der Waals surface area contributed by atoms with Crippen LogP contribution in [0, 0.1) is 11.6 Å². The summed E-state index contributed by atoms with van der Waals surface area (Å²) in [6, 6.07) is 7.44. The number of carbonyl (C=O) groups is 2. The summed E-state index contributed by atoms with van der Waals surface area (Å²) in [6.07, 6.45) is -1.15. The lowest BCUT2D eigenvalue weighted by Crippen LogP contribution is -2.35. The van der Waals surface area contributed by atoms with Gasteiger partial charge in [0.2, 0.25) is 0 Å². The quantitative estimate of drug-likeness (QED) is 0.749. The van der Waals surface area contributed by atoms with E-state index in [0.29, 0.717) is 17.6 Å². The molecular formula is C19H19F2NO5. The smallest absolute Gasteiger partial charge is 0.339 e. The third kappa shape index (κ3) is 5.40. The molecule has 2 aromatic carbocycles. The third-order valence-electron chi connectivity index (χ3n) is 3.67. The van der Waals surface area contributed by atoms with Gasteiger partial charge in [0.05, 0.1) is 19.8 Å². The lowest BCUT2D eigenvalue weighted by molar-refractivity contribution is -0.129.